The second kappa shape index (κ2) is 9.79. The molecule has 3 nitrogen and oxygen atoms in total. The van der Waals surface area contributed by atoms with E-state index in [9.17, 15) is 0 Å². The molecule has 3 aliphatic rings. The van der Waals surface area contributed by atoms with Crippen LogP contribution < -0.4 is 0 Å². The van der Waals surface area contributed by atoms with Gasteiger partial charge in [0.25, 0.3) is 0 Å². The summed E-state index contributed by atoms with van der Waals surface area (Å²) in [5.74, 6) is 2.50. The zero-order valence-electron chi connectivity index (χ0n) is 18.8. The van der Waals surface area contributed by atoms with E-state index in [1.165, 1.54) is 37.4 Å². The average molecular weight is 415 g/mol. The number of hydrogen-bond donors (Lipinski definition) is 0. The molecule has 0 aromatic heterocycles. The van der Waals surface area contributed by atoms with E-state index in [0.717, 1.165) is 24.0 Å². The van der Waals surface area contributed by atoms with E-state index in [0.29, 0.717) is 19.8 Å². The van der Waals surface area contributed by atoms with Gasteiger partial charge in [0.15, 0.2) is 0 Å². The lowest BCUT2D eigenvalue weighted by atomic mass is 9.83. The van der Waals surface area contributed by atoms with Crippen LogP contribution >= 0.6 is 0 Å². The Morgan fingerprint density at radius 3 is 1.76 bits per heavy atom. The molecule has 3 saturated heterocycles. The van der Waals surface area contributed by atoms with Gasteiger partial charge >= 0.3 is 5.97 Å². The van der Waals surface area contributed by atoms with E-state index in [4.69, 9.17) is 14.2 Å². The molecule has 0 radical (unpaired) electrons. The van der Waals surface area contributed by atoms with Crippen molar-refractivity contribution in [2.24, 2.45) is 5.41 Å². The Bertz CT molecular complexity index is 674. The Kier molecular flexibility index (Phi) is 7.62. The molecule has 4 heteroatoms. The van der Waals surface area contributed by atoms with Gasteiger partial charge in [-0.1, -0.05) is 59.3 Å². The van der Waals surface area contributed by atoms with E-state index in [2.05, 4.69) is 63.4 Å². The van der Waals surface area contributed by atoms with Crippen LogP contribution in [0.1, 0.15) is 70.9 Å². The molecule has 0 unspecified atom stereocenters. The lowest BCUT2D eigenvalue weighted by molar-refractivity contribution is -0.480. The van der Waals surface area contributed by atoms with Gasteiger partial charge in [-0.05, 0) is 48.8 Å². The molecule has 0 spiro atoms. The predicted molar refractivity (Wildman–Crippen MR) is 121 cm³/mol. The molecule has 3 aliphatic heterocycles. The second-order valence-electron chi connectivity index (χ2n) is 9.03. The molecule has 0 aliphatic carbocycles. The van der Waals surface area contributed by atoms with Crippen LogP contribution in [-0.2, 0) is 20.2 Å². The monoisotopic (exact) mass is 414 g/mol. The van der Waals surface area contributed by atoms with Crippen molar-refractivity contribution in [2.45, 2.75) is 83.9 Å². The molecule has 1 aromatic carbocycles. The summed E-state index contributed by atoms with van der Waals surface area (Å²) in [4.78, 5) is 0. The molecule has 0 saturated carbocycles. The molecule has 0 amide bonds. The normalized spacial score (nSPS) is 26.2. The summed E-state index contributed by atoms with van der Waals surface area (Å²) >= 11 is 0. The van der Waals surface area contributed by atoms with Crippen LogP contribution in [0.25, 0.3) is 0 Å². The average Bonchev–Trinajstić information content (AvgIpc) is 2.75. The van der Waals surface area contributed by atoms with Crippen molar-refractivity contribution in [1.82, 2.24) is 0 Å². The number of hydrogen-bond acceptors (Lipinski definition) is 3. The predicted octanol–water partition coefficient (Wildman–Crippen LogP) is 6.23. The fraction of sp³-hybridized carbons (Fsp3) is 0.680. The standard InChI is InChI=1S/C25H38O3Si/c1-5-14-24-19-26-25(27-20-24,28-21-24)23-11-9-22(10-12-23)13-18-29(15-6-2,16-7-3)17-8-4/h9-12H,5-8,14-17,19-21H2,1-4H3. The van der Waals surface area contributed by atoms with Gasteiger partial charge < -0.3 is 14.2 Å². The van der Waals surface area contributed by atoms with E-state index >= 15 is 0 Å². The van der Waals surface area contributed by atoms with Crippen molar-refractivity contribution in [1.29, 1.82) is 0 Å². The molecule has 4 rings (SSSR count). The third-order valence-corrected chi connectivity index (χ3v) is 11.4. The van der Waals surface area contributed by atoms with Crippen LogP contribution in [0.5, 0.6) is 0 Å². The zero-order valence-corrected chi connectivity index (χ0v) is 19.8. The fourth-order valence-electron chi connectivity index (χ4n) is 4.95. The summed E-state index contributed by atoms with van der Waals surface area (Å²) < 4.78 is 18.2. The van der Waals surface area contributed by atoms with Crippen molar-refractivity contribution in [2.75, 3.05) is 19.8 Å². The first-order valence-electron chi connectivity index (χ1n) is 11.6. The Balaban J connectivity index is 1.74. The van der Waals surface area contributed by atoms with Crippen molar-refractivity contribution in [3.63, 3.8) is 0 Å². The van der Waals surface area contributed by atoms with Gasteiger partial charge in [-0.2, -0.15) is 0 Å². The van der Waals surface area contributed by atoms with E-state index in [1.54, 1.807) is 0 Å². The highest BCUT2D eigenvalue weighted by molar-refractivity contribution is 6.87. The molecule has 1 aromatic rings. The summed E-state index contributed by atoms with van der Waals surface area (Å²) in [6, 6.07) is 12.3. The maximum absolute atomic E-state index is 6.08. The molecular formula is C25H38O3Si. The lowest BCUT2D eigenvalue weighted by Crippen LogP contribution is -2.58. The minimum Gasteiger partial charge on any atom is -0.323 e. The summed E-state index contributed by atoms with van der Waals surface area (Å²) in [5.41, 5.74) is 5.85. The maximum atomic E-state index is 6.08. The van der Waals surface area contributed by atoms with E-state index in [1.807, 2.05) is 0 Å². The summed E-state index contributed by atoms with van der Waals surface area (Å²) in [7, 11) is -1.49. The smallest absolute Gasteiger partial charge is 0.312 e. The van der Waals surface area contributed by atoms with Crippen LogP contribution in [0.4, 0.5) is 0 Å². The topological polar surface area (TPSA) is 27.7 Å². The van der Waals surface area contributed by atoms with Gasteiger partial charge in [0, 0.05) is 16.5 Å². The first kappa shape index (κ1) is 22.6. The number of rotatable bonds is 9. The van der Waals surface area contributed by atoms with Gasteiger partial charge in [0.05, 0.1) is 19.8 Å². The Morgan fingerprint density at radius 2 is 1.31 bits per heavy atom. The molecule has 2 bridgehead atoms. The highest BCUT2D eigenvalue weighted by atomic mass is 28.3. The number of benzene rings is 1. The van der Waals surface area contributed by atoms with E-state index in [-0.39, 0.29) is 5.41 Å². The molecule has 3 heterocycles. The van der Waals surface area contributed by atoms with Crippen molar-refractivity contribution in [3.8, 4) is 11.5 Å². The molecule has 0 atom stereocenters. The number of ether oxygens (including phenoxy) is 3. The van der Waals surface area contributed by atoms with Crippen LogP contribution in [0.2, 0.25) is 18.1 Å². The Hall–Kier alpha value is -1.12. The largest absolute Gasteiger partial charge is 0.323 e. The van der Waals surface area contributed by atoms with Crippen LogP contribution in [-0.4, -0.2) is 27.9 Å². The number of fused-ring (bicyclic) bond motifs is 3. The summed E-state index contributed by atoms with van der Waals surface area (Å²) in [6.45, 7) is 11.2. The van der Waals surface area contributed by atoms with Crippen molar-refractivity contribution >= 4 is 8.07 Å². The SMILES string of the molecule is CCCC12COC(c3ccc(C#C[Si](CCC)(CCC)CCC)cc3)(OC1)OC2. The highest BCUT2D eigenvalue weighted by Gasteiger charge is 2.53. The molecule has 160 valence electrons. The third-order valence-electron chi connectivity index (χ3n) is 6.38. The minimum absolute atomic E-state index is 0.0354. The first-order valence-corrected chi connectivity index (χ1v) is 14.2. The van der Waals surface area contributed by atoms with Gasteiger partial charge in [-0.3, -0.25) is 0 Å². The zero-order chi connectivity index (χ0) is 20.8. The van der Waals surface area contributed by atoms with Gasteiger partial charge in [-0.15, -0.1) is 5.54 Å². The maximum Gasteiger partial charge on any atom is 0.312 e. The Morgan fingerprint density at radius 1 is 0.793 bits per heavy atom. The third kappa shape index (κ3) is 4.97. The van der Waals surface area contributed by atoms with Crippen molar-refractivity contribution in [3.05, 3.63) is 35.4 Å². The molecular weight excluding hydrogens is 376 g/mol. The van der Waals surface area contributed by atoms with Crippen LogP contribution in [0.3, 0.4) is 0 Å². The highest BCUT2D eigenvalue weighted by Crippen LogP contribution is 2.46. The van der Waals surface area contributed by atoms with Gasteiger partial charge in [0.1, 0.15) is 8.07 Å². The quantitative estimate of drug-likeness (QED) is 0.354. The minimum atomic E-state index is -1.49. The molecule has 0 N–H and O–H groups in total. The van der Waals surface area contributed by atoms with E-state index < -0.39 is 14.0 Å². The first-order chi connectivity index (χ1) is 14.0. The van der Waals surface area contributed by atoms with Crippen LogP contribution in [0, 0.1) is 16.9 Å². The Labute approximate surface area is 178 Å². The summed E-state index contributed by atoms with van der Waals surface area (Å²) in [6.07, 6.45) is 5.93. The fourth-order valence-corrected chi connectivity index (χ4v) is 9.36. The van der Waals surface area contributed by atoms with Crippen LogP contribution in [0.15, 0.2) is 24.3 Å². The summed E-state index contributed by atoms with van der Waals surface area (Å²) in [5, 5.41) is 0. The lowest BCUT2D eigenvalue weighted by Gasteiger charge is -2.51. The molecule has 29 heavy (non-hydrogen) atoms. The molecule has 3 fully saturated rings. The van der Waals surface area contributed by atoms with Crippen molar-refractivity contribution < 1.29 is 14.2 Å². The van der Waals surface area contributed by atoms with Gasteiger partial charge in [-0.25, -0.2) is 0 Å². The second-order valence-corrected chi connectivity index (χ2v) is 13.3. The van der Waals surface area contributed by atoms with Gasteiger partial charge in [0.2, 0.25) is 0 Å².